The highest BCUT2D eigenvalue weighted by molar-refractivity contribution is 6.30. The van der Waals surface area contributed by atoms with E-state index < -0.39 is 0 Å². The lowest BCUT2D eigenvalue weighted by molar-refractivity contribution is 0.357. The third kappa shape index (κ3) is 2.48. The highest BCUT2D eigenvalue weighted by Crippen LogP contribution is 2.46. The van der Waals surface area contributed by atoms with Crippen molar-refractivity contribution in [2.24, 2.45) is 5.41 Å². The molecule has 2 aromatic carbocycles. The van der Waals surface area contributed by atoms with Gasteiger partial charge in [-0.3, -0.25) is 0 Å². The number of halogens is 1. The summed E-state index contributed by atoms with van der Waals surface area (Å²) in [7, 11) is 0. The monoisotopic (exact) mass is 335 g/mol. The van der Waals surface area contributed by atoms with Crippen molar-refractivity contribution in [1.82, 2.24) is 4.57 Å². The van der Waals surface area contributed by atoms with Gasteiger partial charge in [-0.25, -0.2) is 0 Å². The molecule has 0 spiro atoms. The summed E-state index contributed by atoms with van der Waals surface area (Å²) in [4.78, 5) is 0. The summed E-state index contributed by atoms with van der Waals surface area (Å²) >= 11 is 6.10. The van der Waals surface area contributed by atoms with Crippen LogP contribution in [-0.2, 0) is 13.0 Å². The van der Waals surface area contributed by atoms with Crippen LogP contribution < -0.4 is 0 Å². The molecule has 2 heterocycles. The number of fused-ring (bicyclic) bond motifs is 1. The number of nitrogens with zero attached hydrogens (tertiary/aromatic N) is 1. The van der Waals surface area contributed by atoms with E-state index in [1.165, 1.54) is 33.6 Å². The highest BCUT2D eigenvalue weighted by Gasteiger charge is 2.34. The Balaban J connectivity index is 1.99. The molecule has 1 nitrogen and oxygen atoms in total. The van der Waals surface area contributed by atoms with Crippen molar-refractivity contribution in [1.29, 1.82) is 0 Å². The maximum atomic E-state index is 6.10. The number of aromatic nitrogens is 1. The lowest BCUT2D eigenvalue weighted by atomic mass is 9.87. The Kier molecular flexibility index (Phi) is 3.58. The predicted octanol–water partition coefficient (Wildman–Crippen LogP) is 6.37. The van der Waals surface area contributed by atoms with Crippen molar-refractivity contribution < 1.29 is 0 Å². The topological polar surface area (TPSA) is 4.93 Å². The van der Waals surface area contributed by atoms with E-state index in [9.17, 15) is 0 Å². The Morgan fingerprint density at radius 1 is 0.875 bits per heavy atom. The highest BCUT2D eigenvalue weighted by atomic mass is 35.5. The second-order valence-corrected chi connectivity index (χ2v) is 8.02. The first-order valence-corrected chi connectivity index (χ1v) is 8.87. The summed E-state index contributed by atoms with van der Waals surface area (Å²) in [6.45, 7) is 8.05. The quantitative estimate of drug-likeness (QED) is 0.513. The standard InChI is InChI=1S/C22H22ClN/c1-15-20(17-9-11-18(23)12-10-17)21(16-7-5-4-6-8-16)19-13-22(2,3)14-24(15)19/h4-12H,13-14H2,1-3H3. The van der Waals surface area contributed by atoms with Crippen molar-refractivity contribution >= 4 is 11.6 Å². The van der Waals surface area contributed by atoms with Gasteiger partial charge in [0.2, 0.25) is 0 Å². The SMILES string of the molecule is Cc1c(-c2ccc(Cl)cc2)c(-c2ccccc2)c2n1CC(C)(C)C2. The fourth-order valence-electron chi connectivity index (χ4n) is 4.02. The summed E-state index contributed by atoms with van der Waals surface area (Å²) in [5.74, 6) is 0. The summed E-state index contributed by atoms with van der Waals surface area (Å²) in [5.41, 5.74) is 8.43. The van der Waals surface area contributed by atoms with Gasteiger partial charge in [-0.05, 0) is 42.0 Å². The van der Waals surface area contributed by atoms with Crippen molar-refractivity contribution in [3.8, 4) is 22.3 Å². The fraction of sp³-hybridized carbons (Fsp3) is 0.273. The van der Waals surface area contributed by atoms with Crippen LogP contribution in [0.4, 0.5) is 0 Å². The van der Waals surface area contributed by atoms with Crippen LogP contribution in [0.2, 0.25) is 5.02 Å². The Hall–Kier alpha value is -1.99. The van der Waals surface area contributed by atoms with E-state index in [-0.39, 0.29) is 0 Å². The van der Waals surface area contributed by atoms with Crippen LogP contribution in [-0.4, -0.2) is 4.57 Å². The van der Waals surface area contributed by atoms with Crippen LogP contribution >= 0.6 is 11.6 Å². The van der Waals surface area contributed by atoms with Gasteiger partial charge in [0, 0.05) is 34.1 Å². The van der Waals surface area contributed by atoms with Crippen LogP contribution in [0.3, 0.4) is 0 Å². The molecule has 1 aliphatic heterocycles. The first-order chi connectivity index (χ1) is 11.5. The molecule has 0 fully saturated rings. The summed E-state index contributed by atoms with van der Waals surface area (Å²) in [6, 6.07) is 19.0. The third-order valence-electron chi connectivity index (χ3n) is 5.06. The molecule has 0 saturated carbocycles. The van der Waals surface area contributed by atoms with Gasteiger partial charge in [-0.1, -0.05) is 67.9 Å². The molecule has 122 valence electrons. The fourth-order valence-corrected chi connectivity index (χ4v) is 4.14. The first-order valence-electron chi connectivity index (χ1n) is 8.50. The van der Waals surface area contributed by atoms with E-state index in [1.807, 2.05) is 12.1 Å². The molecule has 0 atom stereocenters. The summed E-state index contributed by atoms with van der Waals surface area (Å²) < 4.78 is 2.52. The second kappa shape index (κ2) is 5.53. The normalized spacial score (nSPS) is 15.5. The molecule has 3 aromatic rings. The van der Waals surface area contributed by atoms with Crippen LogP contribution in [0.15, 0.2) is 54.6 Å². The van der Waals surface area contributed by atoms with Gasteiger partial charge in [0.05, 0.1) is 0 Å². The smallest absolute Gasteiger partial charge is 0.0406 e. The molecule has 1 aliphatic rings. The van der Waals surface area contributed by atoms with Gasteiger partial charge in [0.1, 0.15) is 0 Å². The van der Waals surface area contributed by atoms with Gasteiger partial charge in [-0.15, -0.1) is 0 Å². The number of benzene rings is 2. The molecule has 1 aromatic heterocycles. The third-order valence-corrected chi connectivity index (χ3v) is 5.31. The van der Waals surface area contributed by atoms with Crippen molar-refractivity contribution in [3.63, 3.8) is 0 Å². The zero-order valence-corrected chi connectivity index (χ0v) is 15.2. The molecule has 0 aliphatic carbocycles. The van der Waals surface area contributed by atoms with Crippen molar-refractivity contribution in [2.75, 3.05) is 0 Å². The van der Waals surface area contributed by atoms with Crippen molar-refractivity contribution in [2.45, 2.75) is 33.7 Å². The number of rotatable bonds is 2. The van der Waals surface area contributed by atoms with Gasteiger partial charge in [-0.2, -0.15) is 0 Å². The minimum absolute atomic E-state index is 0.322. The van der Waals surface area contributed by atoms with Gasteiger partial charge in [0.15, 0.2) is 0 Å². The minimum Gasteiger partial charge on any atom is -0.347 e. The lowest BCUT2D eigenvalue weighted by Crippen LogP contribution is -2.13. The molecule has 0 radical (unpaired) electrons. The molecule has 2 heteroatoms. The molecule has 0 bridgehead atoms. The Morgan fingerprint density at radius 3 is 2.17 bits per heavy atom. The Bertz CT molecular complexity index is 886. The zero-order valence-electron chi connectivity index (χ0n) is 14.4. The second-order valence-electron chi connectivity index (χ2n) is 7.58. The largest absolute Gasteiger partial charge is 0.347 e. The van der Waals surface area contributed by atoms with Crippen LogP contribution in [0.5, 0.6) is 0 Å². The average molecular weight is 336 g/mol. The molecular weight excluding hydrogens is 314 g/mol. The molecule has 0 amide bonds. The van der Waals surface area contributed by atoms with Crippen LogP contribution in [0.25, 0.3) is 22.3 Å². The van der Waals surface area contributed by atoms with E-state index in [0.29, 0.717) is 5.41 Å². The van der Waals surface area contributed by atoms with Crippen LogP contribution in [0.1, 0.15) is 25.2 Å². The van der Waals surface area contributed by atoms with E-state index in [0.717, 1.165) is 18.0 Å². The number of hydrogen-bond donors (Lipinski definition) is 0. The summed E-state index contributed by atoms with van der Waals surface area (Å²) in [6.07, 6.45) is 1.12. The van der Waals surface area contributed by atoms with Gasteiger partial charge < -0.3 is 4.57 Å². The van der Waals surface area contributed by atoms with Gasteiger partial charge in [0.25, 0.3) is 0 Å². The average Bonchev–Trinajstić information content (AvgIpc) is 3.01. The minimum atomic E-state index is 0.322. The summed E-state index contributed by atoms with van der Waals surface area (Å²) in [5, 5.41) is 0.783. The molecular formula is C22H22ClN. The Labute approximate surface area is 148 Å². The molecule has 0 saturated heterocycles. The molecule has 0 N–H and O–H groups in total. The molecule has 4 rings (SSSR count). The molecule has 24 heavy (non-hydrogen) atoms. The lowest BCUT2D eigenvalue weighted by Gasteiger charge is -2.18. The zero-order chi connectivity index (χ0) is 16.9. The van der Waals surface area contributed by atoms with E-state index in [4.69, 9.17) is 11.6 Å². The van der Waals surface area contributed by atoms with E-state index in [2.05, 4.69) is 67.8 Å². The van der Waals surface area contributed by atoms with E-state index >= 15 is 0 Å². The first kappa shape index (κ1) is 15.5. The maximum Gasteiger partial charge on any atom is 0.0406 e. The van der Waals surface area contributed by atoms with Crippen molar-refractivity contribution in [3.05, 3.63) is 71.0 Å². The molecule has 0 unspecified atom stereocenters. The predicted molar refractivity (Wildman–Crippen MR) is 103 cm³/mol. The van der Waals surface area contributed by atoms with Gasteiger partial charge >= 0.3 is 0 Å². The van der Waals surface area contributed by atoms with E-state index in [1.54, 1.807) is 0 Å². The maximum absolute atomic E-state index is 6.10. The Morgan fingerprint density at radius 2 is 1.50 bits per heavy atom. The van der Waals surface area contributed by atoms with Crippen LogP contribution in [0, 0.1) is 12.3 Å². The number of hydrogen-bond acceptors (Lipinski definition) is 0.